The van der Waals surface area contributed by atoms with Crippen molar-refractivity contribution >= 4 is 5.91 Å². The van der Waals surface area contributed by atoms with Crippen molar-refractivity contribution in [2.24, 2.45) is 0 Å². The fourth-order valence-corrected chi connectivity index (χ4v) is 3.49. The topological polar surface area (TPSA) is 29.5 Å². The van der Waals surface area contributed by atoms with Crippen LogP contribution in [-0.2, 0) is 16.1 Å². The Morgan fingerprint density at radius 2 is 1.91 bits per heavy atom. The summed E-state index contributed by atoms with van der Waals surface area (Å²) in [6.45, 7) is 2.21. The van der Waals surface area contributed by atoms with Gasteiger partial charge in [0.05, 0.1) is 6.10 Å². The minimum absolute atomic E-state index is 0.154. The van der Waals surface area contributed by atoms with Crippen molar-refractivity contribution in [3.8, 4) is 0 Å². The molecular weight excluding hydrogens is 286 g/mol. The molecule has 3 heteroatoms. The average Bonchev–Trinajstić information content (AvgIpc) is 3.09. The first kappa shape index (κ1) is 16.3. The fraction of sp³-hybridized carbons (Fsp3) is 0.550. The van der Waals surface area contributed by atoms with Crippen molar-refractivity contribution in [3.63, 3.8) is 0 Å². The van der Waals surface area contributed by atoms with Gasteiger partial charge < -0.3 is 9.64 Å². The van der Waals surface area contributed by atoms with E-state index >= 15 is 0 Å². The molecule has 0 unspecified atom stereocenters. The molecule has 0 N–H and O–H groups in total. The van der Waals surface area contributed by atoms with Gasteiger partial charge in [-0.15, -0.1) is 0 Å². The molecule has 1 saturated heterocycles. The van der Waals surface area contributed by atoms with Crippen LogP contribution in [0.25, 0.3) is 0 Å². The molecule has 3 rings (SSSR count). The molecule has 0 bridgehead atoms. The molecule has 124 valence electrons. The third-order valence-electron chi connectivity index (χ3n) is 4.80. The highest BCUT2D eigenvalue weighted by Crippen LogP contribution is 2.23. The van der Waals surface area contributed by atoms with Gasteiger partial charge in [-0.2, -0.15) is 0 Å². The number of hydrogen-bond donors (Lipinski definition) is 0. The summed E-state index contributed by atoms with van der Waals surface area (Å²) < 4.78 is 5.75. The van der Waals surface area contributed by atoms with Gasteiger partial charge in [-0.1, -0.05) is 42.3 Å². The lowest BCUT2D eigenvalue weighted by Crippen LogP contribution is -2.36. The molecular formula is C20H27NO2. The molecule has 0 radical (unpaired) electrons. The van der Waals surface area contributed by atoms with E-state index in [-0.39, 0.29) is 12.0 Å². The van der Waals surface area contributed by atoms with E-state index in [9.17, 15) is 4.79 Å². The molecule has 1 aromatic rings. The molecule has 0 spiro atoms. The van der Waals surface area contributed by atoms with Crippen molar-refractivity contribution < 1.29 is 9.53 Å². The van der Waals surface area contributed by atoms with E-state index in [2.05, 4.69) is 12.1 Å². The largest absolute Gasteiger partial charge is 0.376 e. The summed E-state index contributed by atoms with van der Waals surface area (Å²) >= 11 is 0. The van der Waals surface area contributed by atoms with E-state index in [4.69, 9.17) is 4.74 Å². The number of carbonyl (C=O) groups excluding carboxylic acids is 1. The Kier molecular flexibility index (Phi) is 5.87. The van der Waals surface area contributed by atoms with Crippen LogP contribution in [-0.4, -0.2) is 30.1 Å². The second-order valence-electron chi connectivity index (χ2n) is 6.70. The zero-order valence-electron chi connectivity index (χ0n) is 13.9. The third-order valence-corrected chi connectivity index (χ3v) is 4.80. The van der Waals surface area contributed by atoms with E-state index in [1.165, 1.54) is 30.4 Å². The first-order valence-corrected chi connectivity index (χ1v) is 8.95. The Morgan fingerprint density at radius 1 is 1.13 bits per heavy atom. The van der Waals surface area contributed by atoms with Gasteiger partial charge in [-0.3, -0.25) is 4.79 Å². The molecule has 1 aromatic carbocycles. The van der Waals surface area contributed by atoms with E-state index < -0.39 is 0 Å². The fourth-order valence-electron chi connectivity index (χ4n) is 3.49. The molecule has 2 fully saturated rings. The molecule has 1 heterocycles. The maximum atomic E-state index is 12.8. The van der Waals surface area contributed by atoms with Gasteiger partial charge in [0.2, 0.25) is 5.91 Å². The minimum atomic E-state index is 0.154. The number of carbonyl (C=O) groups is 1. The van der Waals surface area contributed by atoms with Crippen LogP contribution in [0.1, 0.15) is 50.5 Å². The van der Waals surface area contributed by atoms with Gasteiger partial charge in [0.1, 0.15) is 0 Å². The Morgan fingerprint density at radius 3 is 2.61 bits per heavy atom. The summed E-state index contributed by atoms with van der Waals surface area (Å²) in [5, 5.41) is 0. The van der Waals surface area contributed by atoms with E-state index in [0.717, 1.165) is 32.3 Å². The smallest absolute Gasteiger partial charge is 0.246 e. The standard InChI is InChI=1S/C20H27NO2/c22-20(14-17-8-3-1-4-9-17)21(16-19-12-7-13-23-19)15-18-10-5-2-6-11-18/h2,5-6,10-11,14,19H,1,3-4,7-9,12-13,15-16H2/t19-/m0/s1. The number of allylic oxidation sites excluding steroid dienone is 1. The summed E-state index contributed by atoms with van der Waals surface area (Å²) in [5.41, 5.74) is 2.51. The van der Waals surface area contributed by atoms with Crippen LogP contribution in [0.3, 0.4) is 0 Å². The highest BCUT2D eigenvalue weighted by Gasteiger charge is 2.22. The van der Waals surface area contributed by atoms with Crippen molar-refractivity contribution in [2.45, 2.75) is 57.6 Å². The maximum Gasteiger partial charge on any atom is 0.246 e. The monoisotopic (exact) mass is 313 g/mol. The van der Waals surface area contributed by atoms with Gasteiger partial charge >= 0.3 is 0 Å². The third kappa shape index (κ3) is 4.93. The zero-order valence-corrected chi connectivity index (χ0v) is 13.9. The number of rotatable bonds is 5. The molecule has 1 saturated carbocycles. The molecule has 2 aliphatic rings. The summed E-state index contributed by atoms with van der Waals surface area (Å²) in [6, 6.07) is 10.3. The lowest BCUT2D eigenvalue weighted by molar-refractivity contribution is -0.128. The van der Waals surface area contributed by atoms with Crippen LogP contribution in [0.2, 0.25) is 0 Å². The number of ether oxygens (including phenoxy) is 1. The van der Waals surface area contributed by atoms with Crippen LogP contribution < -0.4 is 0 Å². The number of benzene rings is 1. The lowest BCUT2D eigenvalue weighted by atomic mass is 9.94. The molecule has 0 aromatic heterocycles. The molecule has 1 aliphatic carbocycles. The number of hydrogen-bond acceptors (Lipinski definition) is 2. The first-order valence-electron chi connectivity index (χ1n) is 8.95. The highest BCUT2D eigenvalue weighted by molar-refractivity contribution is 5.88. The normalized spacial score (nSPS) is 21.2. The number of nitrogens with zero attached hydrogens (tertiary/aromatic N) is 1. The Hall–Kier alpha value is -1.61. The molecule has 3 nitrogen and oxygen atoms in total. The van der Waals surface area contributed by atoms with Crippen molar-refractivity contribution in [1.82, 2.24) is 4.90 Å². The summed E-state index contributed by atoms with van der Waals surface area (Å²) in [5.74, 6) is 0.154. The first-order chi connectivity index (χ1) is 11.3. The van der Waals surface area contributed by atoms with Crippen LogP contribution in [0, 0.1) is 0 Å². The number of amides is 1. The summed E-state index contributed by atoms with van der Waals surface area (Å²) in [6.07, 6.45) is 10.2. The average molecular weight is 313 g/mol. The van der Waals surface area contributed by atoms with Crippen LogP contribution in [0.15, 0.2) is 42.0 Å². The van der Waals surface area contributed by atoms with Gasteiger partial charge in [-0.25, -0.2) is 0 Å². The van der Waals surface area contributed by atoms with Gasteiger partial charge in [0.25, 0.3) is 0 Å². The Labute approximate surface area is 139 Å². The minimum Gasteiger partial charge on any atom is -0.376 e. The van der Waals surface area contributed by atoms with Crippen molar-refractivity contribution in [1.29, 1.82) is 0 Å². The molecule has 1 amide bonds. The zero-order chi connectivity index (χ0) is 15.9. The van der Waals surface area contributed by atoms with E-state index in [0.29, 0.717) is 13.1 Å². The second-order valence-corrected chi connectivity index (χ2v) is 6.70. The van der Waals surface area contributed by atoms with Crippen LogP contribution in [0.4, 0.5) is 0 Å². The van der Waals surface area contributed by atoms with E-state index in [1.54, 1.807) is 0 Å². The van der Waals surface area contributed by atoms with Crippen molar-refractivity contribution in [3.05, 3.63) is 47.5 Å². The molecule has 23 heavy (non-hydrogen) atoms. The maximum absolute atomic E-state index is 12.8. The predicted molar refractivity (Wildman–Crippen MR) is 92.0 cm³/mol. The molecule has 1 aliphatic heterocycles. The lowest BCUT2D eigenvalue weighted by Gasteiger charge is -2.25. The van der Waals surface area contributed by atoms with Gasteiger partial charge in [0.15, 0.2) is 0 Å². The second kappa shape index (κ2) is 8.30. The SMILES string of the molecule is O=C(C=C1CCCCC1)N(Cc1ccccc1)C[C@@H]1CCCO1. The summed E-state index contributed by atoms with van der Waals surface area (Å²) in [4.78, 5) is 14.8. The molecule has 1 atom stereocenters. The van der Waals surface area contributed by atoms with Crippen LogP contribution in [0.5, 0.6) is 0 Å². The van der Waals surface area contributed by atoms with Crippen molar-refractivity contribution in [2.75, 3.05) is 13.2 Å². The van der Waals surface area contributed by atoms with Gasteiger partial charge in [0, 0.05) is 25.8 Å². The quantitative estimate of drug-likeness (QED) is 0.766. The predicted octanol–water partition coefficient (Wildman–Crippen LogP) is 4.08. The van der Waals surface area contributed by atoms with Crippen LogP contribution >= 0.6 is 0 Å². The Balaban J connectivity index is 1.68. The summed E-state index contributed by atoms with van der Waals surface area (Å²) in [7, 11) is 0. The van der Waals surface area contributed by atoms with Gasteiger partial charge in [-0.05, 0) is 44.1 Å². The Bertz CT molecular complexity index is 524. The highest BCUT2D eigenvalue weighted by atomic mass is 16.5. The van der Waals surface area contributed by atoms with E-state index in [1.807, 2.05) is 29.2 Å².